The average molecular weight is 227 g/mol. The molecule has 0 aliphatic carbocycles. The highest BCUT2D eigenvalue weighted by atomic mass is 32.2. The van der Waals surface area contributed by atoms with Crippen molar-refractivity contribution in [3.63, 3.8) is 0 Å². The maximum absolute atomic E-state index is 8.99. The van der Waals surface area contributed by atoms with Crippen molar-refractivity contribution in [2.45, 2.75) is 37.5 Å². The molecule has 0 bridgehead atoms. The lowest BCUT2D eigenvalue weighted by atomic mass is 10.3. The van der Waals surface area contributed by atoms with Gasteiger partial charge in [-0.15, -0.1) is 11.8 Å². The van der Waals surface area contributed by atoms with Crippen LogP contribution in [0.2, 0.25) is 0 Å². The van der Waals surface area contributed by atoms with Crippen LogP contribution in [-0.2, 0) is 6.42 Å². The molecule has 3 N–H and O–H groups in total. The van der Waals surface area contributed by atoms with Crippen LogP contribution in [0.15, 0.2) is 5.03 Å². The number of anilines is 1. The molecule has 1 heterocycles. The molecule has 0 saturated carbocycles. The Bertz CT molecular complexity index is 344. The van der Waals surface area contributed by atoms with E-state index in [0.717, 1.165) is 22.8 Å². The number of aryl methyl sites for hydroxylation is 1. The molecule has 0 saturated heterocycles. The van der Waals surface area contributed by atoms with E-state index in [2.05, 4.69) is 9.97 Å². The van der Waals surface area contributed by atoms with Gasteiger partial charge in [0.05, 0.1) is 6.61 Å². The number of rotatable bonds is 4. The molecule has 1 aromatic heterocycles. The summed E-state index contributed by atoms with van der Waals surface area (Å²) >= 11 is 1.53. The highest BCUT2D eigenvalue weighted by molar-refractivity contribution is 7.99. The maximum Gasteiger partial charge on any atom is 0.131 e. The molecule has 0 radical (unpaired) electrons. The van der Waals surface area contributed by atoms with Crippen LogP contribution in [0.25, 0.3) is 0 Å². The van der Waals surface area contributed by atoms with Gasteiger partial charge in [0, 0.05) is 17.2 Å². The van der Waals surface area contributed by atoms with Crippen LogP contribution in [0.4, 0.5) is 5.82 Å². The lowest BCUT2D eigenvalue weighted by molar-refractivity contribution is 0.300. The van der Waals surface area contributed by atoms with E-state index < -0.39 is 0 Å². The van der Waals surface area contributed by atoms with Crippen LogP contribution in [0.1, 0.15) is 25.2 Å². The summed E-state index contributed by atoms with van der Waals surface area (Å²) in [5, 5.41) is 9.99. The van der Waals surface area contributed by atoms with Crippen LogP contribution in [0.5, 0.6) is 0 Å². The largest absolute Gasteiger partial charge is 0.395 e. The van der Waals surface area contributed by atoms with Gasteiger partial charge in [0.15, 0.2) is 0 Å². The van der Waals surface area contributed by atoms with Crippen LogP contribution in [0, 0.1) is 6.92 Å². The van der Waals surface area contributed by atoms with Crippen LogP contribution < -0.4 is 5.73 Å². The van der Waals surface area contributed by atoms with Crippen molar-refractivity contribution in [2.75, 3.05) is 12.3 Å². The number of nitrogen functional groups attached to an aromatic ring is 1. The minimum absolute atomic E-state index is 0.128. The summed E-state index contributed by atoms with van der Waals surface area (Å²) in [5.41, 5.74) is 6.69. The summed E-state index contributed by atoms with van der Waals surface area (Å²) in [6.45, 7) is 5.98. The molecule has 84 valence electrons. The number of nitrogens with two attached hydrogens (primary N) is 1. The summed E-state index contributed by atoms with van der Waals surface area (Å²) < 4.78 is 0. The fraction of sp³-hybridized carbons (Fsp3) is 0.600. The Labute approximate surface area is 94.3 Å². The number of aliphatic hydroxyl groups is 1. The van der Waals surface area contributed by atoms with E-state index in [-0.39, 0.29) is 11.9 Å². The summed E-state index contributed by atoms with van der Waals surface area (Å²) in [7, 11) is 0. The molecule has 0 aromatic carbocycles. The molecule has 0 amide bonds. The Morgan fingerprint density at radius 1 is 1.47 bits per heavy atom. The van der Waals surface area contributed by atoms with Gasteiger partial charge in [-0.2, -0.15) is 0 Å². The van der Waals surface area contributed by atoms with Crippen molar-refractivity contribution in [1.29, 1.82) is 0 Å². The van der Waals surface area contributed by atoms with Crippen molar-refractivity contribution in [1.82, 2.24) is 9.97 Å². The van der Waals surface area contributed by atoms with E-state index in [4.69, 9.17) is 10.8 Å². The second kappa shape index (κ2) is 5.32. The zero-order valence-electron chi connectivity index (χ0n) is 9.32. The number of aromatic nitrogens is 2. The normalized spacial score (nSPS) is 12.8. The van der Waals surface area contributed by atoms with Gasteiger partial charge in [0.1, 0.15) is 16.7 Å². The Hall–Kier alpha value is -0.810. The van der Waals surface area contributed by atoms with Crippen molar-refractivity contribution in [2.24, 2.45) is 0 Å². The fourth-order valence-electron chi connectivity index (χ4n) is 1.06. The van der Waals surface area contributed by atoms with Crippen molar-refractivity contribution in [3.05, 3.63) is 11.4 Å². The molecule has 5 heteroatoms. The summed E-state index contributed by atoms with van der Waals surface area (Å²) in [5.74, 6) is 1.29. The second-order valence-electron chi connectivity index (χ2n) is 3.42. The third kappa shape index (κ3) is 3.07. The second-order valence-corrected chi connectivity index (χ2v) is 4.85. The van der Waals surface area contributed by atoms with E-state index in [1.165, 1.54) is 11.8 Å². The van der Waals surface area contributed by atoms with Crippen LogP contribution in [-0.4, -0.2) is 26.9 Å². The van der Waals surface area contributed by atoms with E-state index >= 15 is 0 Å². The third-order valence-corrected chi connectivity index (χ3v) is 3.24. The van der Waals surface area contributed by atoms with E-state index in [0.29, 0.717) is 5.82 Å². The predicted octanol–water partition coefficient (Wildman–Crippen LogP) is 1.40. The summed E-state index contributed by atoms with van der Waals surface area (Å²) in [4.78, 5) is 8.58. The molecule has 1 atom stereocenters. The predicted molar refractivity (Wildman–Crippen MR) is 63.0 cm³/mol. The monoisotopic (exact) mass is 227 g/mol. The fourth-order valence-corrected chi connectivity index (χ4v) is 1.95. The molecule has 1 rings (SSSR count). The van der Waals surface area contributed by atoms with Gasteiger partial charge in [-0.25, -0.2) is 9.97 Å². The van der Waals surface area contributed by atoms with E-state index in [1.807, 2.05) is 20.8 Å². The van der Waals surface area contributed by atoms with Gasteiger partial charge in [-0.05, 0) is 6.92 Å². The van der Waals surface area contributed by atoms with Gasteiger partial charge >= 0.3 is 0 Å². The van der Waals surface area contributed by atoms with E-state index in [9.17, 15) is 0 Å². The summed E-state index contributed by atoms with van der Waals surface area (Å²) in [6.07, 6.45) is 0.769. The first kappa shape index (κ1) is 12.3. The topological polar surface area (TPSA) is 72.0 Å². The Morgan fingerprint density at radius 3 is 2.67 bits per heavy atom. The minimum Gasteiger partial charge on any atom is -0.395 e. The van der Waals surface area contributed by atoms with E-state index in [1.54, 1.807) is 0 Å². The number of hydrogen-bond acceptors (Lipinski definition) is 5. The van der Waals surface area contributed by atoms with Gasteiger partial charge < -0.3 is 10.8 Å². The zero-order chi connectivity index (χ0) is 11.4. The van der Waals surface area contributed by atoms with Crippen molar-refractivity contribution >= 4 is 17.6 Å². The molecular weight excluding hydrogens is 210 g/mol. The number of hydrogen-bond donors (Lipinski definition) is 2. The van der Waals surface area contributed by atoms with Gasteiger partial charge in [-0.3, -0.25) is 0 Å². The first-order valence-corrected chi connectivity index (χ1v) is 5.87. The standard InChI is InChI=1S/C10H17N3OS/c1-4-8-12-9(11)7(3)10(13-8)15-6(2)5-14/h6,14H,4-5H2,1-3H3,(H2,11,12,13). The molecule has 4 nitrogen and oxygen atoms in total. The molecule has 15 heavy (non-hydrogen) atoms. The average Bonchev–Trinajstić information content (AvgIpc) is 2.24. The molecule has 0 fully saturated rings. The first-order valence-electron chi connectivity index (χ1n) is 4.99. The Morgan fingerprint density at radius 2 is 2.13 bits per heavy atom. The van der Waals surface area contributed by atoms with Crippen LogP contribution >= 0.6 is 11.8 Å². The molecule has 0 aliphatic heterocycles. The third-order valence-electron chi connectivity index (χ3n) is 2.07. The highest BCUT2D eigenvalue weighted by Gasteiger charge is 2.11. The van der Waals surface area contributed by atoms with Gasteiger partial charge in [-0.1, -0.05) is 13.8 Å². The highest BCUT2D eigenvalue weighted by Crippen LogP contribution is 2.26. The molecule has 1 unspecified atom stereocenters. The maximum atomic E-state index is 8.99. The SMILES string of the molecule is CCc1nc(N)c(C)c(SC(C)CO)n1. The Kier molecular flexibility index (Phi) is 4.35. The lowest BCUT2D eigenvalue weighted by Crippen LogP contribution is -2.07. The molecule has 0 spiro atoms. The smallest absolute Gasteiger partial charge is 0.131 e. The Balaban J connectivity index is 2.99. The molecule has 0 aliphatic rings. The van der Waals surface area contributed by atoms with Gasteiger partial charge in [0.25, 0.3) is 0 Å². The van der Waals surface area contributed by atoms with Crippen LogP contribution in [0.3, 0.4) is 0 Å². The number of nitrogens with zero attached hydrogens (tertiary/aromatic N) is 2. The molecular formula is C10H17N3OS. The minimum atomic E-state index is 0.128. The number of thioether (sulfide) groups is 1. The van der Waals surface area contributed by atoms with Crippen molar-refractivity contribution < 1.29 is 5.11 Å². The number of aliphatic hydroxyl groups excluding tert-OH is 1. The zero-order valence-corrected chi connectivity index (χ0v) is 10.1. The molecule has 1 aromatic rings. The first-order chi connectivity index (χ1) is 7.08. The lowest BCUT2D eigenvalue weighted by Gasteiger charge is -2.11. The summed E-state index contributed by atoms with van der Waals surface area (Å²) in [6, 6.07) is 0. The quantitative estimate of drug-likeness (QED) is 0.601. The van der Waals surface area contributed by atoms with Crippen molar-refractivity contribution in [3.8, 4) is 0 Å². The van der Waals surface area contributed by atoms with Gasteiger partial charge in [0.2, 0.25) is 0 Å².